The average Bonchev–Trinajstić information content (AvgIpc) is 3.35. The lowest BCUT2D eigenvalue weighted by Crippen LogP contribution is -2.38. The predicted octanol–water partition coefficient (Wildman–Crippen LogP) is 1.02. The minimum Gasteiger partial charge on any atom is -0.382 e. The van der Waals surface area contributed by atoms with Crippen LogP contribution >= 0.6 is 0 Å². The summed E-state index contributed by atoms with van der Waals surface area (Å²) < 4.78 is 44.0. The van der Waals surface area contributed by atoms with Crippen molar-refractivity contribution in [3.8, 4) is 0 Å². The Kier molecular flexibility index (Phi) is 6.58. The van der Waals surface area contributed by atoms with Gasteiger partial charge in [-0.2, -0.15) is 14.4 Å². The minimum absolute atomic E-state index is 0.0753. The molecule has 0 unspecified atom stereocenters. The van der Waals surface area contributed by atoms with E-state index in [0.717, 1.165) is 0 Å². The number of rotatable bonds is 9. The van der Waals surface area contributed by atoms with Crippen molar-refractivity contribution in [1.29, 1.82) is 0 Å². The highest BCUT2D eigenvalue weighted by atomic mass is 32.2. The summed E-state index contributed by atoms with van der Waals surface area (Å²) in [5.41, 5.74) is 0. The molecule has 11 heteroatoms. The Labute approximate surface area is 158 Å². The molecule has 1 fully saturated rings. The molecule has 150 valence electrons. The van der Waals surface area contributed by atoms with Crippen molar-refractivity contribution in [3.05, 3.63) is 24.1 Å². The Morgan fingerprint density at radius 3 is 2.74 bits per heavy atom. The SMILES string of the molecule is CCn1cc(S(=O)(=O)N2CCC(c3noc(COCCOC)n3)CC2)cn1. The summed E-state index contributed by atoms with van der Waals surface area (Å²) in [6, 6.07) is 0. The second-order valence-electron chi connectivity index (χ2n) is 6.30. The molecule has 0 N–H and O–H groups in total. The maximum Gasteiger partial charge on any atom is 0.252 e. The fraction of sp³-hybridized carbons (Fsp3) is 0.688. The van der Waals surface area contributed by atoms with Crippen molar-refractivity contribution < 1.29 is 22.4 Å². The van der Waals surface area contributed by atoms with Gasteiger partial charge < -0.3 is 14.0 Å². The first-order valence-corrected chi connectivity index (χ1v) is 10.4. The first-order chi connectivity index (χ1) is 13.0. The van der Waals surface area contributed by atoms with Crippen LogP contribution in [0.3, 0.4) is 0 Å². The number of methoxy groups -OCH3 is 1. The van der Waals surface area contributed by atoms with Gasteiger partial charge in [-0.15, -0.1) is 0 Å². The van der Waals surface area contributed by atoms with Gasteiger partial charge in [0.1, 0.15) is 11.5 Å². The van der Waals surface area contributed by atoms with Crippen molar-refractivity contribution in [2.45, 2.75) is 43.7 Å². The molecule has 1 aliphatic heterocycles. The Morgan fingerprint density at radius 2 is 2.07 bits per heavy atom. The highest BCUT2D eigenvalue weighted by Crippen LogP contribution is 2.29. The number of hydrogen-bond acceptors (Lipinski definition) is 8. The summed E-state index contributed by atoms with van der Waals surface area (Å²) in [6.45, 7) is 4.58. The highest BCUT2D eigenvalue weighted by Gasteiger charge is 2.32. The van der Waals surface area contributed by atoms with Gasteiger partial charge in [0.25, 0.3) is 5.89 Å². The molecule has 0 aliphatic carbocycles. The Bertz CT molecular complexity index is 826. The summed E-state index contributed by atoms with van der Waals surface area (Å²) in [5, 5.41) is 8.08. The third-order valence-corrected chi connectivity index (χ3v) is 6.38. The van der Waals surface area contributed by atoms with Crippen LogP contribution in [-0.4, -0.2) is 66.1 Å². The van der Waals surface area contributed by atoms with Gasteiger partial charge in [-0.05, 0) is 19.8 Å². The van der Waals surface area contributed by atoms with Crippen LogP contribution in [0.5, 0.6) is 0 Å². The van der Waals surface area contributed by atoms with Crippen LogP contribution in [0.15, 0.2) is 21.8 Å². The van der Waals surface area contributed by atoms with E-state index >= 15 is 0 Å². The van der Waals surface area contributed by atoms with E-state index in [4.69, 9.17) is 14.0 Å². The number of piperidine rings is 1. The lowest BCUT2D eigenvalue weighted by Gasteiger charge is -2.29. The van der Waals surface area contributed by atoms with E-state index in [9.17, 15) is 8.42 Å². The Hall–Kier alpha value is -1.82. The molecule has 0 radical (unpaired) electrons. The van der Waals surface area contributed by atoms with Crippen LogP contribution in [0.4, 0.5) is 0 Å². The van der Waals surface area contributed by atoms with Crippen molar-refractivity contribution in [2.24, 2.45) is 0 Å². The molecule has 3 rings (SSSR count). The van der Waals surface area contributed by atoms with Crippen molar-refractivity contribution >= 4 is 10.0 Å². The largest absolute Gasteiger partial charge is 0.382 e. The van der Waals surface area contributed by atoms with E-state index < -0.39 is 10.0 Å². The third-order valence-electron chi connectivity index (χ3n) is 4.53. The molecule has 0 amide bonds. The highest BCUT2D eigenvalue weighted by molar-refractivity contribution is 7.89. The number of aryl methyl sites for hydroxylation is 1. The number of aromatic nitrogens is 4. The molecule has 0 aromatic carbocycles. The Morgan fingerprint density at radius 1 is 1.30 bits per heavy atom. The van der Waals surface area contributed by atoms with Gasteiger partial charge in [-0.1, -0.05) is 5.16 Å². The molecule has 0 spiro atoms. The molecule has 3 heterocycles. The number of hydrogen-bond donors (Lipinski definition) is 0. The molecule has 27 heavy (non-hydrogen) atoms. The van der Waals surface area contributed by atoms with Crippen LogP contribution in [0, 0.1) is 0 Å². The molecule has 1 aliphatic rings. The predicted molar refractivity (Wildman–Crippen MR) is 94.5 cm³/mol. The van der Waals surface area contributed by atoms with E-state index in [1.807, 2.05) is 6.92 Å². The van der Waals surface area contributed by atoms with Crippen molar-refractivity contribution in [2.75, 3.05) is 33.4 Å². The number of ether oxygens (including phenoxy) is 2. The van der Waals surface area contributed by atoms with Gasteiger partial charge in [0.05, 0.1) is 19.4 Å². The molecule has 0 saturated carbocycles. The molecular formula is C16H25N5O5S. The summed E-state index contributed by atoms with van der Waals surface area (Å²) in [4.78, 5) is 4.60. The van der Waals surface area contributed by atoms with Crippen LogP contribution in [-0.2, 0) is 32.6 Å². The van der Waals surface area contributed by atoms with Crippen molar-refractivity contribution in [1.82, 2.24) is 24.2 Å². The molecule has 0 bridgehead atoms. The van der Waals surface area contributed by atoms with Crippen LogP contribution in [0.25, 0.3) is 0 Å². The summed E-state index contributed by atoms with van der Waals surface area (Å²) in [6.07, 6.45) is 4.26. The maximum absolute atomic E-state index is 12.7. The van der Waals surface area contributed by atoms with Gasteiger partial charge in [0.2, 0.25) is 10.0 Å². The second-order valence-corrected chi connectivity index (χ2v) is 8.24. The zero-order chi connectivity index (χ0) is 19.3. The van der Waals surface area contributed by atoms with E-state index in [2.05, 4.69) is 15.2 Å². The topological polar surface area (TPSA) is 113 Å². The van der Waals surface area contributed by atoms with E-state index in [-0.39, 0.29) is 17.4 Å². The molecule has 0 atom stereocenters. The molecule has 10 nitrogen and oxygen atoms in total. The van der Waals surface area contributed by atoms with Gasteiger partial charge >= 0.3 is 0 Å². The van der Waals surface area contributed by atoms with Crippen molar-refractivity contribution in [3.63, 3.8) is 0 Å². The smallest absolute Gasteiger partial charge is 0.252 e. The lowest BCUT2D eigenvalue weighted by atomic mass is 9.98. The fourth-order valence-corrected chi connectivity index (χ4v) is 4.37. The zero-order valence-corrected chi connectivity index (χ0v) is 16.4. The number of sulfonamides is 1. The van der Waals surface area contributed by atoms with Crippen LogP contribution in [0.2, 0.25) is 0 Å². The van der Waals surface area contributed by atoms with Crippen LogP contribution < -0.4 is 0 Å². The molecule has 2 aromatic heterocycles. The Balaban J connectivity index is 1.55. The summed E-state index contributed by atoms with van der Waals surface area (Å²) in [5.74, 6) is 1.10. The monoisotopic (exact) mass is 399 g/mol. The first kappa shape index (κ1) is 19.9. The third kappa shape index (κ3) is 4.72. The zero-order valence-electron chi connectivity index (χ0n) is 15.6. The summed E-state index contributed by atoms with van der Waals surface area (Å²) in [7, 11) is -1.91. The summed E-state index contributed by atoms with van der Waals surface area (Å²) >= 11 is 0. The fourth-order valence-electron chi connectivity index (χ4n) is 2.95. The maximum atomic E-state index is 12.7. The normalized spacial score (nSPS) is 16.8. The average molecular weight is 399 g/mol. The molecular weight excluding hydrogens is 374 g/mol. The van der Waals surface area contributed by atoms with Crippen LogP contribution in [0.1, 0.15) is 37.4 Å². The quantitative estimate of drug-likeness (QED) is 0.574. The van der Waals surface area contributed by atoms with Gasteiger partial charge in [-0.3, -0.25) is 4.68 Å². The number of nitrogens with zero attached hydrogens (tertiary/aromatic N) is 5. The molecule has 1 saturated heterocycles. The van der Waals surface area contributed by atoms with Gasteiger partial charge in [0, 0.05) is 38.9 Å². The standard InChI is InChI=1S/C16H25N5O5S/c1-3-20-11-14(10-17-20)27(22,23)21-6-4-13(5-7-21)16-18-15(26-19-16)12-25-9-8-24-2/h10-11,13H,3-9,12H2,1-2H3. The molecule has 2 aromatic rings. The van der Waals surface area contributed by atoms with E-state index in [1.165, 1.54) is 10.5 Å². The lowest BCUT2D eigenvalue weighted by molar-refractivity contribution is 0.0494. The minimum atomic E-state index is -3.52. The second kappa shape index (κ2) is 8.91. The van der Waals surface area contributed by atoms with Gasteiger partial charge in [-0.25, -0.2) is 8.42 Å². The van der Waals surface area contributed by atoms with E-state index in [1.54, 1.807) is 18.0 Å². The first-order valence-electron chi connectivity index (χ1n) is 8.96. The van der Waals surface area contributed by atoms with Gasteiger partial charge in [0.15, 0.2) is 5.82 Å². The van der Waals surface area contributed by atoms with E-state index in [0.29, 0.717) is 57.4 Å².